The Morgan fingerprint density at radius 1 is 1.35 bits per heavy atom. The molecule has 2 atom stereocenters. The maximum atomic E-state index is 9.59. The molecule has 0 amide bonds. The normalized spacial score (nSPS) is 20.9. The molecule has 126 valence electrons. The Morgan fingerprint density at radius 2 is 2.09 bits per heavy atom. The van der Waals surface area contributed by atoms with Gasteiger partial charge < -0.3 is 9.84 Å². The van der Waals surface area contributed by atoms with E-state index in [0.717, 1.165) is 44.9 Å². The third kappa shape index (κ3) is 5.51. The molecule has 1 N–H and O–H groups in total. The Hall–Kier alpha value is -1.61. The number of benzene rings is 1. The smallest absolute Gasteiger partial charge is 0.119 e. The largest absolute Gasteiger partial charge is 0.492 e. The van der Waals surface area contributed by atoms with Gasteiger partial charge in [-0.2, -0.15) is 5.26 Å². The molecular weight excluding hydrogens is 290 g/mol. The van der Waals surface area contributed by atoms with Crippen LogP contribution in [-0.2, 0) is 0 Å². The predicted octanol–water partition coefficient (Wildman–Crippen LogP) is 1.71. The van der Waals surface area contributed by atoms with Gasteiger partial charge in [-0.25, -0.2) is 0 Å². The number of ether oxygens (including phenoxy) is 1. The van der Waals surface area contributed by atoms with E-state index in [4.69, 9.17) is 10.00 Å². The lowest BCUT2D eigenvalue weighted by atomic mass is 10.1. The van der Waals surface area contributed by atoms with Crippen LogP contribution in [0.1, 0.15) is 25.8 Å². The molecule has 1 fully saturated rings. The zero-order valence-electron chi connectivity index (χ0n) is 14.1. The highest BCUT2D eigenvalue weighted by Crippen LogP contribution is 2.14. The van der Waals surface area contributed by atoms with Crippen LogP contribution in [-0.4, -0.2) is 66.4 Å². The fourth-order valence-corrected chi connectivity index (χ4v) is 3.05. The molecule has 0 spiro atoms. The van der Waals surface area contributed by atoms with Crippen molar-refractivity contribution in [2.24, 2.45) is 0 Å². The van der Waals surface area contributed by atoms with E-state index in [1.807, 2.05) is 19.1 Å². The molecular formula is C18H27N3O2. The Morgan fingerprint density at radius 3 is 2.70 bits per heavy atom. The number of hydrogen-bond acceptors (Lipinski definition) is 5. The zero-order valence-corrected chi connectivity index (χ0v) is 14.1. The molecule has 0 aromatic heterocycles. The minimum absolute atomic E-state index is 0.268. The molecule has 1 aromatic rings. The van der Waals surface area contributed by atoms with E-state index in [0.29, 0.717) is 18.2 Å². The third-order valence-electron chi connectivity index (χ3n) is 4.32. The first-order valence-corrected chi connectivity index (χ1v) is 8.39. The number of nitrogens with zero attached hydrogens (tertiary/aromatic N) is 3. The van der Waals surface area contributed by atoms with Crippen molar-refractivity contribution in [3.8, 4) is 11.8 Å². The second kappa shape index (κ2) is 8.88. The van der Waals surface area contributed by atoms with Gasteiger partial charge in [0.2, 0.25) is 0 Å². The van der Waals surface area contributed by atoms with Gasteiger partial charge in [-0.15, -0.1) is 0 Å². The van der Waals surface area contributed by atoms with Crippen LogP contribution in [0.25, 0.3) is 0 Å². The Balaban J connectivity index is 1.75. The minimum atomic E-state index is -0.268. The Labute approximate surface area is 139 Å². The highest BCUT2D eigenvalue weighted by molar-refractivity contribution is 5.34. The summed E-state index contributed by atoms with van der Waals surface area (Å²) in [6, 6.07) is 9.84. The van der Waals surface area contributed by atoms with Gasteiger partial charge in [0, 0.05) is 38.8 Å². The van der Waals surface area contributed by atoms with Crippen molar-refractivity contribution in [2.75, 3.05) is 39.3 Å². The van der Waals surface area contributed by atoms with E-state index < -0.39 is 0 Å². The number of β-amino-alcohol motifs (C(OH)–C–C–N with tert-alkyl or cyclic N) is 1. The lowest BCUT2D eigenvalue weighted by Crippen LogP contribution is -2.55. The summed E-state index contributed by atoms with van der Waals surface area (Å²) in [4.78, 5) is 4.82. The van der Waals surface area contributed by atoms with Crippen molar-refractivity contribution in [1.29, 1.82) is 5.26 Å². The van der Waals surface area contributed by atoms with Gasteiger partial charge in [0.05, 0.1) is 17.7 Å². The lowest BCUT2D eigenvalue weighted by Gasteiger charge is -2.41. The highest BCUT2D eigenvalue weighted by Gasteiger charge is 2.26. The Kier molecular flexibility index (Phi) is 6.85. The second-order valence-electron chi connectivity index (χ2n) is 6.19. The number of piperazine rings is 1. The van der Waals surface area contributed by atoms with E-state index in [2.05, 4.69) is 22.8 Å². The van der Waals surface area contributed by atoms with Crippen LogP contribution in [0.2, 0.25) is 0 Å². The van der Waals surface area contributed by atoms with E-state index in [1.54, 1.807) is 12.1 Å². The maximum absolute atomic E-state index is 9.59. The van der Waals surface area contributed by atoms with Crippen molar-refractivity contribution in [2.45, 2.75) is 32.4 Å². The standard InChI is InChI=1S/C18H27N3O2/c1-3-17-14-20(8-9-21(17)13-15(2)22)10-11-23-18-6-4-16(12-19)5-7-18/h4-7,15,17,22H,3,8-11,13-14H2,1-2H3/t15-,17-/m1/s1. The molecule has 0 saturated carbocycles. The number of aliphatic hydroxyl groups excluding tert-OH is 1. The summed E-state index contributed by atoms with van der Waals surface area (Å²) in [5.41, 5.74) is 0.650. The number of aliphatic hydroxyl groups is 1. The van der Waals surface area contributed by atoms with Crippen molar-refractivity contribution in [3.63, 3.8) is 0 Å². The SMILES string of the molecule is CC[C@@H]1CN(CCOc2ccc(C#N)cc2)CCN1C[C@@H](C)O. The molecule has 1 aromatic carbocycles. The summed E-state index contributed by atoms with van der Waals surface area (Å²) in [7, 11) is 0. The van der Waals surface area contributed by atoms with Crippen LogP contribution >= 0.6 is 0 Å². The first kappa shape index (κ1) is 17.7. The molecule has 0 radical (unpaired) electrons. The molecule has 1 heterocycles. The van der Waals surface area contributed by atoms with Gasteiger partial charge in [-0.3, -0.25) is 9.80 Å². The molecule has 0 unspecified atom stereocenters. The molecule has 2 rings (SSSR count). The summed E-state index contributed by atoms with van der Waals surface area (Å²) in [5.74, 6) is 0.809. The van der Waals surface area contributed by atoms with Gasteiger partial charge >= 0.3 is 0 Å². The van der Waals surface area contributed by atoms with E-state index in [-0.39, 0.29) is 6.10 Å². The van der Waals surface area contributed by atoms with Gasteiger partial charge in [0.15, 0.2) is 0 Å². The van der Waals surface area contributed by atoms with Gasteiger partial charge in [0.25, 0.3) is 0 Å². The average Bonchev–Trinajstić information content (AvgIpc) is 2.56. The molecule has 0 bridgehead atoms. The highest BCUT2D eigenvalue weighted by atomic mass is 16.5. The Bertz CT molecular complexity index is 510. The second-order valence-corrected chi connectivity index (χ2v) is 6.19. The molecule has 5 nitrogen and oxygen atoms in total. The van der Waals surface area contributed by atoms with Gasteiger partial charge in [0.1, 0.15) is 12.4 Å². The van der Waals surface area contributed by atoms with Crippen molar-refractivity contribution in [1.82, 2.24) is 9.80 Å². The molecule has 1 aliphatic heterocycles. The van der Waals surface area contributed by atoms with E-state index >= 15 is 0 Å². The average molecular weight is 317 g/mol. The van der Waals surface area contributed by atoms with E-state index in [9.17, 15) is 5.11 Å². The van der Waals surface area contributed by atoms with Crippen LogP contribution < -0.4 is 4.74 Å². The summed E-state index contributed by atoms with van der Waals surface area (Å²) < 4.78 is 5.76. The number of hydrogen-bond donors (Lipinski definition) is 1. The van der Waals surface area contributed by atoms with Crippen molar-refractivity contribution < 1.29 is 9.84 Å². The van der Waals surface area contributed by atoms with Crippen LogP contribution in [0.3, 0.4) is 0 Å². The topological polar surface area (TPSA) is 59.7 Å². The third-order valence-corrected chi connectivity index (χ3v) is 4.32. The van der Waals surface area contributed by atoms with Crippen LogP contribution in [0.15, 0.2) is 24.3 Å². The fraction of sp³-hybridized carbons (Fsp3) is 0.611. The first-order valence-electron chi connectivity index (χ1n) is 8.39. The van der Waals surface area contributed by atoms with Crippen LogP contribution in [0.4, 0.5) is 0 Å². The van der Waals surface area contributed by atoms with Gasteiger partial charge in [-0.05, 0) is 37.6 Å². The summed E-state index contributed by atoms with van der Waals surface area (Å²) in [5, 5.41) is 18.4. The first-order chi connectivity index (χ1) is 11.1. The molecule has 23 heavy (non-hydrogen) atoms. The summed E-state index contributed by atoms with van der Waals surface area (Å²) >= 11 is 0. The van der Waals surface area contributed by atoms with Gasteiger partial charge in [-0.1, -0.05) is 6.92 Å². The number of nitriles is 1. The van der Waals surface area contributed by atoms with Crippen molar-refractivity contribution in [3.05, 3.63) is 29.8 Å². The predicted molar refractivity (Wildman–Crippen MR) is 90.4 cm³/mol. The quantitative estimate of drug-likeness (QED) is 0.830. The molecule has 1 saturated heterocycles. The maximum Gasteiger partial charge on any atom is 0.119 e. The fourth-order valence-electron chi connectivity index (χ4n) is 3.05. The minimum Gasteiger partial charge on any atom is -0.492 e. The van der Waals surface area contributed by atoms with E-state index in [1.165, 1.54) is 0 Å². The molecule has 1 aliphatic rings. The van der Waals surface area contributed by atoms with Crippen LogP contribution in [0.5, 0.6) is 5.75 Å². The summed E-state index contributed by atoms with van der Waals surface area (Å²) in [6.45, 7) is 9.41. The lowest BCUT2D eigenvalue weighted by molar-refractivity contribution is 0.0322. The van der Waals surface area contributed by atoms with Crippen molar-refractivity contribution >= 4 is 0 Å². The number of rotatable bonds is 7. The summed E-state index contributed by atoms with van der Waals surface area (Å²) in [6.07, 6.45) is 0.829. The van der Waals surface area contributed by atoms with Crippen LogP contribution in [0, 0.1) is 11.3 Å². The molecule has 5 heteroatoms. The molecule has 0 aliphatic carbocycles. The zero-order chi connectivity index (χ0) is 16.7. The monoisotopic (exact) mass is 317 g/mol.